The monoisotopic (exact) mass is 464 g/mol. The first-order valence-electron chi connectivity index (χ1n) is 11.9. The van der Waals surface area contributed by atoms with E-state index in [1.54, 1.807) is 7.11 Å². The van der Waals surface area contributed by atoms with Gasteiger partial charge in [-0.15, -0.1) is 0 Å². The Kier molecular flexibility index (Phi) is 6.54. The van der Waals surface area contributed by atoms with Gasteiger partial charge in [-0.25, -0.2) is 9.97 Å². The normalized spacial score (nSPS) is 21.2. The molecule has 2 aliphatic heterocycles. The number of nitrogens with zero attached hydrogens (tertiary/aromatic N) is 4. The standard InChI is InChI=1S/C26H32N4O4/c1-17-15-33-10-8-29(17)25-13-23-21(26(28-25)30-9-11-34-16-18(30)2)5-6-22(27-23)19-4-7-24(32-3)20(12-19)14-31/h4-7,12-13,17-18,31H,8-11,14-16H2,1-3H3/t17-,18-/m0/s1. The molecule has 0 amide bonds. The Hall–Kier alpha value is -2.94. The number of aromatic nitrogens is 2. The van der Waals surface area contributed by atoms with E-state index in [1.165, 1.54) is 0 Å². The lowest BCUT2D eigenvalue weighted by Crippen LogP contribution is -2.46. The third-order valence-corrected chi connectivity index (χ3v) is 6.70. The molecule has 2 aromatic heterocycles. The molecule has 0 unspecified atom stereocenters. The van der Waals surface area contributed by atoms with Crippen LogP contribution in [0, 0.1) is 0 Å². The molecule has 4 heterocycles. The topological polar surface area (TPSA) is 80.2 Å². The number of ether oxygens (including phenoxy) is 3. The Labute approximate surface area is 200 Å². The Morgan fingerprint density at radius 1 is 0.971 bits per heavy atom. The lowest BCUT2D eigenvalue weighted by atomic mass is 10.1. The zero-order chi connectivity index (χ0) is 23.7. The Balaban J connectivity index is 1.64. The first-order chi connectivity index (χ1) is 16.6. The van der Waals surface area contributed by atoms with Crippen LogP contribution in [-0.4, -0.2) is 73.8 Å². The minimum atomic E-state index is -0.0906. The maximum Gasteiger partial charge on any atom is 0.140 e. The Morgan fingerprint density at radius 3 is 2.38 bits per heavy atom. The van der Waals surface area contributed by atoms with E-state index in [-0.39, 0.29) is 18.7 Å². The zero-order valence-electron chi connectivity index (χ0n) is 20.0. The second-order valence-electron chi connectivity index (χ2n) is 8.99. The average molecular weight is 465 g/mol. The smallest absolute Gasteiger partial charge is 0.140 e. The largest absolute Gasteiger partial charge is 0.496 e. The number of fused-ring (bicyclic) bond motifs is 1. The molecule has 8 nitrogen and oxygen atoms in total. The molecule has 2 fully saturated rings. The molecule has 2 atom stereocenters. The van der Waals surface area contributed by atoms with Gasteiger partial charge in [-0.05, 0) is 44.2 Å². The zero-order valence-corrected chi connectivity index (χ0v) is 20.0. The first kappa shape index (κ1) is 22.8. The molecule has 2 saturated heterocycles. The van der Waals surface area contributed by atoms with Gasteiger partial charge in [0.2, 0.25) is 0 Å². The number of pyridine rings is 2. The molecule has 1 N–H and O–H groups in total. The molecule has 1 aromatic carbocycles. The van der Waals surface area contributed by atoms with Crippen molar-refractivity contribution < 1.29 is 19.3 Å². The molecule has 2 aliphatic rings. The molecular weight excluding hydrogens is 432 g/mol. The van der Waals surface area contributed by atoms with Crippen molar-refractivity contribution in [2.24, 2.45) is 0 Å². The molecule has 0 saturated carbocycles. The molecule has 8 heteroatoms. The molecule has 0 aliphatic carbocycles. The van der Waals surface area contributed by atoms with Crippen LogP contribution in [0.2, 0.25) is 0 Å². The van der Waals surface area contributed by atoms with Crippen LogP contribution < -0.4 is 14.5 Å². The predicted molar refractivity (Wildman–Crippen MR) is 133 cm³/mol. The van der Waals surface area contributed by atoms with Crippen molar-refractivity contribution in [3.05, 3.63) is 42.0 Å². The van der Waals surface area contributed by atoms with Crippen LogP contribution in [0.4, 0.5) is 11.6 Å². The van der Waals surface area contributed by atoms with Crippen LogP contribution in [0.5, 0.6) is 5.75 Å². The van der Waals surface area contributed by atoms with Gasteiger partial charge in [0.15, 0.2) is 0 Å². The summed E-state index contributed by atoms with van der Waals surface area (Å²) in [5, 5.41) is 10.8. The summed E-state index contributed by atoms with van der Waals surface area (Å²) in [4.78, 5) is 14.9. The van der Waals surface area contributed by atoms with Crippen molar-refractivity contribution >= 4 is 22.5 Å². The van der Waals surface area contributed by atoms with Crippen LogP contribution in [0.15, 0.2) is 36.4 Å². The van der Waals surface area contributed by atoms with Crippen molar-refractivity contribution in [2.75, 3.05) is 56.4 Å². The first-order valence-corrected chi connectivity index (χ1v) is 11.9. The fourth-order valence-electron chi connectivity index (χ4n) is 4.79. The molecule has 3 aromatic rings. The molecule has 0 spiro atoms. The second kappa shape index (κ2) is 9.74. The quantitative estimate of drug-likeness (QED) is 0.617. The number of hydrogen-bond acceptors (Lipinski definition) is 8. The van der Waals surface area contributed by atoms with Gasteiger partial charge in [-0.2, -0.15) is 0 Å². The van der Waals surface area contributed by atoms with E-state index in [2.05, 4.69) is 35.8 Å². The van der Waals surface area contributed by atoms with Crippen LogP contribution in [0.3, 0.4) is 0 Å². The van der Waals surface area contributed by atoms with Gasteiger partial charge in [-0.3, -0.25) is 0 Å². The molecule has 180 valence electrons. The molecule has 5 rings (SSSR count). The van der Waals surface area contributed by atoms with E-state index in [0.717, 1.165) is 52.4 Å². The number of morpholine rings is 2. The number of rotatable bonds is 5. The van der Waals surface area contributed by atoms with Gasteiger partial charge >= 0.3 is 0 Å². The maximum absolute atomic E-state index is 9.76. The van der Waals surface area contributed by atoms with Crippen molar-refractivity contribution in [3.63, 3.8) is 0 Å². The number of methoxy groups -OCH3 is 1. The molecular formula is C26H32N4O4. The van der Waals surface area contributed by atoms with E-state index in [0.29, 0.717) is 32.2 Å². The van der Waals surface area contributed by atoms with Crippen molar-refractivity contribution in [2.45, 2.75) is 32.5 Å². The van der Waals surface area contributed by atoms with Gasteiger partial charge in [0.05, 0.1) is 63.4 Å². The summed E-state index contributed by atoms with van der Waals surface area (Å²) in [6.45, 7) is 8.60. The summed E-state index contributed by atoms with van der Waals surface area (Å²) in [6.07, 6.45) is 0. The SMILES string of the molecule is COc1ccc(-c2ccc3c(N4CCOC[C@@H]4C)nc(N4CCOC[C@@H]4C)cc3n2)cc1CO. The van der Waals surface area contributed by atoms with Crippen molar-refractivity contribution in [3.8, 4) is 17.0 Å². The van der Waals surface area contributed by atoms with E-state index < -0.39 is 0 Å². The highest BCUT2D eigenvalue weighted by molar-refractivity contribution is 5.93. The minimum absolute atomic E-state index is 0.0906. The van der Waals surface area contributed by atoms with Crippen LogP contribution in [0.25, 0.3) is 22.2 Å². The lowest BCUT2D eigenvalue weighted by molar-refractivity contribution is 0.0976. The van der Waals surface area contributed by atoms with Crippen LogP contribution in [-0.2, 0) is 16.1 Å². The molecule has 0 radical (unpaired) electrons. The predicted octanol–water partition coefficient (Wildman–Crippen LogP) is 3.25. The van der Waals surface area contributed by atoms with E-state index in [4.69, 9.17) is 24.2 Å². The number of aliphatic hydroxyl groups excluding tert-OH is 1. The Morgan fingerprint density at radius 2 is 1.71 bits per heavy atom. The minimum Gasteiger partial charge on any atom is -0.496 e. The summed E-state index contributed by atoms with van der Waals surface area (Å²) >= 11 is 0. The van der Waals surface area contributed by atoms with Gasteiger partial charge in [0.1, 0.15) is 17.4 Å². The molecule has 0 bridgehead atoms. The molecule has 34 heavy (non-hydrogen) atoms. The number of benzene rings is 1. The number of hydrogen-bond donors (Lipinski definition) is 1. The maximum atomic E-state index is 9.76. The second-order valence-corrected chi connectivity index (χ2v) is 8.99. The van der Waals surface area contributed by atoms with Gasteiger partial charge < -0.3 is 29.1 Å². The van der Waals surface area contributed by atoms with Gasteiger partial charge in [-0.1, -0.05) is 0 Å². The lowest BCUT2D eigenvalue weighted by Gasteiger charge is -2.37. The third kappa shape index (κ3) is 4.29. The highest BCUT2D eigenvalue weighted by Gasteiger charge is 2.26. The summed E-state index contributed by atoms with van der Waals surface area (Å²) < 4.78 is 16.7. The number of anilines is 2. The van der Waals surface area contributed by atoms with Gasteiger partial charge in [0.25, 0.3) is 0 Å². The highest BCUT2D eigenvalue weighted by atomic mass is 16.5. The van der Waals surface area contributed by atoms with Crippen LogP contribution >= 0.6 is 0 Å². The summed E-state index contributed by atoms with van der Waals surface area (Å²) in [5.74, 6) is 2.54. The summed E-state index contributed by atoms with van der Waals surface area (Å²) in [7, 11) is 1.61. The Bertz CT molecular complexity index is 1170. The third-order valence-electron chi connectivity index (χ3n) is 6.70. The number of aliphatic hydroxyl groups is 1. The highest BCUT2D eigenvalue weighted by Crippen LogP contribution is 2.34. The van der Waals surface area contributed by atoms with Crippen molar-refractivity contribution in [1.82, 2.24) is 9.97 Å². The fraction of sp³-hybridized carbons (Fsp3) is 0.462. The van der Waals surface area contributed by atoms with E-state index >= 15 is 0 Å². The summed E-state index contributed by atoms with van der Waals surface area (Å²) in [6, 6.07) is 12.5. The summed E-state index contributed by atoms with van der Waals surface area (Å²) in [5.41, 5.74) is 3.42. The van der Waals surface area contributed by atoms with Gasteiger partial charge in [0, 0.05) is 35.7 Å². The fourth-order valence-corrected chi connectivity index (χ4v) is 4.79. The van der Waals surface area contributed by atoms with Crippen LogP contribution in [0.1, 0.15) is 19.4 Å². The average Bonchev–Trinajstić information content (AvgIpc) is 2.88. The van der Waals surface area contributed by atoms with Crippen molar-refractivity contribution in [1.29, 1.82) is 0 Å². The van der Waals surface area contributed by atoms with E-state index in [1.807, 2.05) is 24.3 Å². The van der Waals surface area contributed by atoms with E-state index in [9.17, 15) is 5.11 Å².